The van der Waals surface area contributed by atoms with Gasteiger partial charge in [-0.15, -0.1) is 0 Å². The summed E-state index contributed by atoms with van der Waals surface area (Å²) in [7, 11) is 0. The first-order chi connectivity index (χ1) is 15.3. The molecular weight excluding hydrogens is 374 g/mol. The van der Waals surface area contributed by atoms with E-state index in [4.69, 9.17) is 5.26 Å². The second kappa shape index (κ2) is 13.8. The highest BCUT2D eigenvalue weighted by molar-refractivity contribution is 5.33. The van der Waals surface area contributed by atoms with Gasteiger partial charge < -0.3 is 0 Å². The molecule has 0 bridgehead atoms. The van der Waals surface area contributed by atoms with E-state index in [1.54, 1.807) is 0 Å². The van der Waals surface area contributed by atoms with Gasteiger partial charge in [-0.25, -0.2) is 0 Å². The van der Waals surface area contributed by atoms with Crippen LogP contribution in [0.5, 0.6) is 0 Å². The first kappa shape index (κ1) is 24.1. The smallest absolute Gasteiger partial charge is 0.0991 e. The highest BCUT2D eigenvalue weighted by Gasteiger charge is 2.22. The molecular formula is C30H45N. The van der Waals surface area contributed by atoms with Crippen LogP contribution in [0.15, 0.2) is 36.4 Å². The summed E-state index contributed by atoms with van der Waals surface area (Å²) in [6.07, 6.45) is 27.7. The van der Waals surface area contributed by atoms with Crippen molar-refractivity contribution < 1.29 is 0 Å². The summed E-state index contributed by atoms with van der Waals surface area (Å²) in [5.74, 6) is 3.52. The van der Waals surface area contributed by atoms with Gasteiger partial charge in [0.15, 0.2) is 0 Å². The zero-order chi connectivity index (χ0) is 21.7. The molecule has 170 valence electrons. The van der Waals surface area contributed by atoms with Gasteiger partial charge in [0.2, 0.25) is 0 Å². The quantitative estimate of drug-likeness (QED) is 0.259. The van der Waals surface area contributed by atoms with Crippen molar-refractivity contribution in [2.45, 2.75) is 116 Å². The van der Waals surface area contributed by atoms with Crippen LogP contribution in [0, 0.1) is 29.1 Å². The summed E-state index contributed by atoms with van der Waals surface area (Å²) in [6, 6.07) is 10.5. The topological polar surface area (TPSA) is 23.8 Å². The molecule has 2 aliphatic carbocycles. The van der Waals surface area contributed by atoms with Crippen LogP contribution < -0.4 is 0 Å². The Kier molecular flexibility index (Phi) is 10.7. The number of benzene rings is 1. The average Bonchev–Trinajstić information content (AvgIpc) is 2.83. The Bertz CT molecular complexity index is 663. The van der Waals surface area contributed by atoms with Gasteiger partial charge in [0.1, 0.15) is 0 Å². The maximum absolute atomic E-state index is 8.97. The molecule has 2 aliphatic rings. The highest BCUT2D eigenvalue weighted by Crippen LogP contribution is 2.37. The number of unbranched alkanes of at least 4 members (excludes halogenated alkanes) is 4. The van der Waals surface area contributed by atoms with Gasteiger partial charge in [-0.2, -0.15) is 5.26 Å². The summed E-state index contributed by atoms with van der Waals surface area (Å²) >= 11 is 0. The highest BCUT2D eigenvalue weighted by atomic mass is 14.3. The third kappa shape index (κ3) is 8.48. The van der Waals surface area contributed by atoms with E-state index < -0.39 is 0 Å². The summed E-state index contributed by atoms with van der Waals surface area (Å²) < 4.78 is 0. The fourth-order valence-corrected chi connectivity index (χ4v) is 5.94. The molecule has 31 heavy (non-hydrogen) atoms. The SMILES string of the molecule is CCCCCCCC1CCC(CC/C=C/C2CCC(c3ccc(C#N)cc3)CC2)CC1. The Balaban J connectivity index is 1.25. The number of rotatable bonds is 11. The van der Waals surface area contributed by atoms with E-state index in [0.717, 1.165) is 23.3 Å². The molecule has 0 spiro atoms. The minimum atomic E-state index is 0.694. The zero-order valence-electron chi connectivity index (χ0n) is 20.0. The van der Waals surface area contributed by atoms with Crippen LogP contribution in [0.3, 0.4) is 0 Å². The van der Waals surface area contributed by atoms with Crippen molar-refractivity contribution in [1.29, 1.82) is 5.26 Å². The molecule has 0 N–H and O–H groups in total. The first-order valence-electron chi connectivity index (χ1n) is 13.4. The van der Waals surface area contributed by atoms with Crippen molar-refractivity contribution in [1.82, 2.24) is 0 Å². The van der Waals surface area contributed by atoms with Gasteiger partial charge in [0.05, 0.1) is 11.6 Å². The Morgan fingerprint density at radius 1 is 0.806 bits per heavy atom. The molecule has 0 unspecified atom stereocenters. The van der Waals surface area contributed by atoms with E-state index >= 15 is 0 Å². The van der Waals surface area contributed by atoms with Crippen LogP contribution in [0.25, 0.3) is 0 Å². The fourth-order valence-electron chi connectivity index (χ4n) is 5.94. The lowest BCUT2D eigenvalue weighted by Gasteiger charge is -2.28. The van der Waals surface area contributed by atoms with Gasteiger partial charge in [0, 0.05) is 0 Å². The number of hydrogen-bond donors (Lipinski definition) is 0. The van der Waals surface area contributed by atoms with Crippen LogP contribution >= 0.6 is 0 Å². The second-order valence-electron chi connectivity index (χ2n) is 10.4. The van der Waals surface area contributed by atoms with E-state index in [9.17, 15) is 0 Å². The minimum absolute atomic E-state index is 0.694. The van der Waals surface area contributed by atoms with Crippen LogP contribution in [0.2, 0.25) is 0 Å². The molecule has 2 fully saturated rings. The number of nitrogens with zero attached hydrogens (tertiary/aromatic N) is 1. The Morgan fingerprint density at radius 3 is 2.10 bits per heavy atom. The Morgan fingerprint density at radius 2 is 1.45 bits per heavy atom. The number of allylic oxidation sites excluding steroid dienone is 2. The van der Waals surface area contributed by atoms with Crippen molar-refractivity contribution in [3.63, 3.8) is 0 Å². The monoisotopic (exact) mass is 419 g/mol. The molecule has 2 saturated carbocycles. The van der Waals surface area contributed by atoms with Gasteiger partial charge in [0.25, 0.3) is 0 Å². The van der Waals surface area contributed by atoms with Crippen molar-refractivity contribution in [2.75, 3.05) is 0 Å². The molecule has 0 saturated heterocycles. The lowest BCUT2D eigenvalue weighted by Crippen LogP contribution is -2.14. The summed E-state index contributed by atoms with van der Waals surface area (Å²) in [5.41, 5.74) is 2.20. The largest absolute Gasteiger partial charge is 0.192 e. The van der Waals surface area contributed by atoms with Crippen LogP contribution in [0.4, 0.5) is 0 Å². The molecule has 1 nitrogen and oxygen atoms in total. The van der Waals surface area contributed by atoms with Crippen molar-refractivity contribution in [3.8, 4) is 6.07 Å². The van der Waals surface area contributed by atoms with Crippen LogP contribution in [0.1, 0.15) is 127 Å². The summed E-state index contributed by atoms with van der Waals surface area (Å²) in [4.78, 5) is 0. The van der Waals surface area contributed by atoms with E-state index in [1.165, 1.54) is 108 Å². The molecule has 1 aromatic carbocycles. The van der Waals surface area contributed by atoms with Crippen LogP contribution in [-0.2, 0) is 0 Å². The average molecular weight is 420 g/mol. The van der Waals surface area contributed by atoms with Crippen molar-refractivity contribution >= 4 is 0 Å². The first-order valence-corrected chi connectivity index (χ1v) is 13.4. The van der Waals surface area contributed by atoms with Gasteiger partial charge in [-0.1, -0.05) is 95.4 Å². The molecule has 0 aliphatic heterocycles. The van der Waals surface area contributed by atoms with Crippen molar-refractivity contribution in [3.05, 3.63) is 47.5 Å². The lowest BCUT2D eigenvalue weighted by molar-refractivity contribution is 0.249. The van der Waals surface area contributed by atoms with E-state index in [2.05, 4.69) is 37.3 Å². The lowest BCUT2D eigenvalue weighted by atomic mass is 9.77. The third-order valence-corrected chi connectivity index (χ3v) is 8.12. The summed E-state index contributed by atoms with van der Waals surface area (Å²) in [5, 5.41) is 8.97. The van der Waals surface area contributed by atoms with Crippen molar-refractivity contribution in [2.24, 2.45) is 17.8 Å². The minimum Gasteiger partial charge on any atom is -0.192 e. The van der Waals surface area contributed by atoms with Gasteiger partial charge >= 0.3 is 0 Å². The maximum Gasteiger partial charge on any atom is 0.0991 e. The molecule has 0 atom stereocenters. The Hall–Kier alpha value is -1.55. The van der Waals surface area contributed by atoms with E-state index in [1.807, 2.05) is 12.1 Å². The molecule has 3 rings (SSSR count). The molecule has 0 radical (unpaired) electrons. The Labute approximate surface area is 192 Å². The normalized spacial score (nSPS) is 26.7. The molecule has 1 heteroatoms. The fraction of sp³-hybridized carbons (Fsp3) is 0.700. The predicted molar refractivity (Wildman–Crippen MR) is 133 cm³/mol. The molecule has 0 heterocycles. The molecule has 0 amide bonds. The number of hydrogen-bond acceptors (Lipinski definition) is 1. The maximum atomic E-state index is 8.97. The standard InChI is InChI=1S/C30H45N/c1-2-3-4-5-6-9-25-12-14-26(15-13-25)10-7-8-11-27-16-20-29(21-17-27)30-22-18-28(24-31)19-23-30/h8,11,18-19,22-23,25-27,29H,2-7,9-10,12-17,20-21H2,1H3/b11-8+. The molecule has 1 aromatic rings. The third-order valence-electron chi connectivity index (χ3n) is 8.12. The van der Waals surface area contributed by atoms with Crippen LogP contribution in [-0.4, -0.2) is 0 Å². The summed E-state index contributed by atoms with van der Waals surface area (Å²) in [6.45, 7) is 2.31. The molecule has 0 aromatic heterocycles. The van der Waals surface area contributed by atoms with E-state index in [-0.39, 0.29) is 0 Å². The zero-order valence-corrected chi connectivity index (χ0v) is 20.0. The number of nitriles is 1. The van der Waals surface area contributed by atoms with Gasteiger partial charge in [-0.05, 0) is 79.9 Å². The predicted octanol–water partition coefficient (Wildman–Crippen LogP) is 9.34. The van der Waals surface area contributed by atoms with E-state index in [0.29, 0.717) is 5.92 Å². The second-order valence-corrected chi connectivity index (χ2v) is 10.4. The van der Waals surface area contributed by atoms with Gasteiger partial charge in [-0.3, -0.25) is 0 Å².